The minimum atomic E-state index is -0.342. The molecule has 0 atom stereocenters. The maximum atomic E-state index is 13.0. The first kappa shape index (κ1) is 20.1. The Morgan fingerprint density at radius 1 is 1.29 bits per heavy atom. The molecule has 1 aliphatic heterocycles. The molecular formula is C19H26FN5O3. The Labute approximate surface area is 162 Å². The van der Waals surface area contributed by atoms with E-state index in [1.54, 1.807) is 16.6 Å². The minimum Gasteiger partial charge on any atom is -0.383 e. The van der Waals surface area contributed by atoms with Crippen LogP contribution in [0.4, 0.5) is 14.9 Å². The summed E-state index contributed by atoms with van der Waals surface area (Å²) < 4.78 is 21.2. The van der Waals surface area contributed by atoms with E-state index in [0.717, 1.165) is 18.7 Å². The van der Waals surface area contributed by atoms with E-state index in [1.807, 2.05) is 6.92 Å². The fourth-order valence-corrected chi connectivity index (χ4v) is 3.46. The molecule has 9 heteroatoms. The summed E-state index contributed by atoms with van der Waals surface area (Å²) in [5.74, 6) is 0.569. The van der Waals surface area contributed by atoms with Crippen molar-refractivity contribution in [2.24, 2.45) is 0 Å². The smallest absolute Gasteiger partial charge is 0.345 e. The second-order valence-electron chi connectivity index (χ2n) is 6.80. The molecule has 0 radical (unpaired) electrons. The second kappa shape index (κ2) is 9.01. The normalized spacial score (nSPS) is 15.0. The van der Waals surface area contributed by atoms with Crippen molar-refractivity contribution < 1.29 is 13.9 Å². The van der Waals surface area contributed by atoms with Crippen molar-refractivity contribution in [2.75, 3.05) is 32.1 Å². The van der Waals surface area contributed by atoms with Crippen LogP contribution in [0.1, 0.15) is 31.5 Å². The zero-order chi connectivity index (χ0) is 20.1. The number of benzene rings is 1. The van der Waals surface area contributed by atoms with Gasteiger partial charge in [-0.3, -0.25) is 4.57 Å². The number of carbonyl (C=O) groups is 1. The van der Waals surface area contributed by atoms with Crippen LogP contribution in [0.15, 0.2) is 29.1 Å². The van der Waals surface area contributed by atoms with Crippen LogP contribution in [0.3, 0.4) is 0 Å². The number of amides is 2. The van der Waals surface area contributed by atoms with Crippen LogP contribution in [0.5, 0.6) is 0 Å². The number of ether oxygens (including phenoxy) is 1. The molecule has 0 aliphatic carbocycles. The number of piperidine rings is 1. The summed E-state index contributed by atoms with van der Waals surface area (Å²) in [6.07, 6.45) is 1.47. The lowest BCUT2D eigenvalue weighted by atomic mass is 9.96. The Morgan fingerprint density at radius 2 is 1.96 bits per heavy atom. The second-order valence-corrected chi connectivity index (χ2v) is 6.80. The van der Waals surface area contributed by atoms with E-state index in [4.69, 9.17) is 4.74 Å². The van der Waals surface area contributed by atoms with Crippen LogP contribution in [0.25, 0.3) is 0 Å². The van der Waals surface area contributed by atoms with E-state index in [1.165, 1.54) is 28.9 Å². The topological polar surface area (TPSA) is 81.4 Å². The fourth-order valence-electron chi connectivity index (χ4n) is 3.46. The standard InChI is InChI=1S/C19H26FN5O3/c1-3-24-17(22-25(19(24)27)12-13-28-2)14-8-10-23(11-9-14)18(26)21-16-6-4-15(20)5-7-16/h4-7,14H,3,8-13H2,1-2H3,(H,21,26). The highest BCUT2D eigenvalue weighted by Crippen LogP contribution is 2.26. The molecular weight excluding hydrogens is 365 g/mol. The molecule has 0 saturated carbocycles. The number of urea groups is 1. The molecule has 1 aromatic heterocycles. The van der Waals surface area contributed by atoms with E-state index in [9.17, 15) is 14.0 Å². The molecule has 1 N–H and O–H groups in total. The van der Waals surface area contributed by atoms with E-state index in [2.05, 4.69) is 10.4 Å². The summed E-state index contributed by atoms with van der Waals surface area (Å²) >= 11 is 0. The number of hydrogen-bond donors (Lipinski definition) is 1. The summed E-state index contributed by atoms with van der Waals surface area (Å²) in [7, 11) is 1.59. The van der Waals surface area contributed by atoms with Crippen molar-refractivity contribution in [2.45, 2.75) is 38.8 Å². The highest BCUT2D eigenvalue weighted by molar-refractivity contribution is 5.89. The quantitative estimate of drug-likeness (QED) is 0.819. The number of carbonyl (C=O) groups excluding carboxylic acids is 1. The number of hydrogen-bond acceptors (Lipinski definition) is 4. The van der Waals surface area contributed by atoms with Crippen LogP contribution >= 0.6 is 0 Å². The first-order valence-corrected chi connectivity index (χ1v) is 9.51. The van der Waals surface area contributed by atoms with Gasteiger partial charge in [0.25, 0.3) is 0 Å². The van der Waals surface area contributed by atoms with Crippen molar-refractivity contribution in [3.05, 3.63) is 46.4 Å². The number of anilines is 1. The van der Waals surface area contributed by atoms with Crippen molar-refractivity contribution in [1.29, 1.82) is 0 Å². The Kier molecular flexibility index (Phi) is 6.45. The number of methoxy groups -OCH3 is 1. The van der Waals surface area contributed by atoms with Gasteiger partial charge in [-0.1, -0.05) is 0 Å². The van der Waals surface area contributed by atoms with Crippen molar-refractivity contribution in [3.63, 3.8) is 0 Å². The van der Waals surface area contributed by atoms with Gasteiger partial charge in [0.05, 0.1) is 13.2 Å². The minimum absolute atomic E-state index is 0.119. The molecule has 0 spiro atoms. The van der Waals surface area contributed by atoms with Gasteiger partial charge in [-0.2, -0.15) is 5.10 Å². The van der Waals surface area contributed by atoms with Gasteiger partial charge >= 0.3 is 11.7 Å². The zero-order valence-electron chi connectivity index (χ0n) is 16.2. The van der Waals surface area contributed by atoms with Gasteiger partial charge in [-0.25, -0.2) is 18.7 Å². The molecule has 2 amide bonds. The summed E-state index contributed by atoms with van der Waals surface area (Å²) in [5, 5.41) is 7.30. The van der Waals surface area contributed by atoms with E-state index in [0.29, 0.717) is 38.5 Å². The highest BCUT2D eigenvalue weighted by Gasteiger charge is 2.28. The van der Waals surface area contributed by atoms with E-state index >= 15 is 0 Å². The molecule has 3 rings (SSSR count). The molecule has 1 aromatic carbocycles. The van der Waals surface area contributed by atoms with Crippen molar-refractivity contribution >= 4 is 11.7 Å². The molecule has 1 aliphatic rings. The number of nitrogens with one attached hydrogen (secondary N) is 1. The van der Waals surface area contributed by atoms with Gasteiger partial charge in [0, 0.05) is 38.3 Å². The van der Waals surface area contributed by atoms with Gasteiger partial charge in [0.2, 0.25) is 0 Å². The van der Waals surface area contributed by atoms with E-state index < -0.39 is 0 Å². The van der Waals surface area contributed by atoms with E-state index in [-0.39, 0.29) is 23.5 Å². The summed E-state index contributed by atoms with van der Waals surface area (Å²) in [6.45, 7) is 4.49. The number of nitrogens with zero attached hydrogens (tertiary/aromatic N) is 4. The fraction of sp³-hybridized carbons (Fsp3) is 0.526. The van der Waals surface area contributed by atoms with Gasteiger partial charge in [0.1, 0.15) is 11.6 Å². The summed E-state index contributed by atoms with van der Waals surface area (Å²) in [4.78, 5) is 26.6. The molecule has 8 nitrogen and oxygen atoms in total. The Balaban J connectivity index is 1.62. The molecule has 0 unspecified atom stereocenters. The monoisotopic (exact) mass is 391 g/mol. The highest BCUT2D eigenvalue weighted by atomic mass is 19.1. The van der Waals surface area contributed by atoms with Crippen LogP contribution < -0.4 is 11.0 Å². The SMILES string of the molecule is CCn1c(C2CCN(C(=O)Nc3ccc(F)cc3)CC2)nn(CCOC)c1=O. The van der Waals surface area contributed by atoms with Crippen molar-refractivity contribution in [3.8, 4) is 0 Å². The van der Waals surface area contributed by atoms with Crippen molar-refractivity contribution in [1.82, 2.24) is 19.2 Å². The third-order valence-corrected chi connectivity index (χ3v) is 5.02. The number of aromatic nitrogens is 3. The predicted octanol–water partition coefficient (Wildman–Crippen LogP) is 2.26. The number of likely N-dealkylation sites (tertiary alicyclic amines) is 1. The lowest BCUT2D eigenvalue weighted by molar-refractivity contribution is 0.181. The maximum absolute atomic E-state index is 13.0. The van der Waals surface area contributed by atoms with Crippen LogP contribution in [-0.4, -0.2) is 52.1 Å². The molecule has 2 aromatic rings. The first-order valence-electron chi connectivity index (χ1n) is 9.51. The Morgan fingerprint density at radius 3 is 2.57 bits per heavy atom. The zero-order valence-corrected chi connectivity index (χ0v) is 16.2. The Hall–Kier alpha value is -2.68. The average Bonchev–Trinajstić information content (AvgIpc) is 3.03. The molecule has 0 bridgehead atoms. The van der Waals surface area contributed by atoms with Crippen LogP contribution in [0, 0.1) is 5.82 Å². The summed E-state index contributed by atoms with van der Waals surface area (Å²) in [6, 6.07) is 5.49. The average molecular weight is 391 g/mol. The molecule has 2 heterocycles. The third-order valence-electron chi connectivity index (χ3n) is 5.02. The molecule has 1 saturated heterocycles. The number of rotatable bonds is 6. The summed E-state index contributed by atoms with van der Waals surface area (Å²) in [5.41, 5.74) is 0.441. The predicted molar refractivity (Wildman–Crippen MR) is 103 cm³/mol. The number of halogens is 1. The maximum Gasteiger partial charge on any atom is 0.345 e. The molecule has 152 valence electrons. The van der Waals surface area contributed by atoms with Gasteiger partial charge in [0.15, 0.2) is 0 Å². The molecule has 28 heavy (non-hydrogen) atoms. The van der Waals surface area contributed by atoms with Crippen LogP contribution in [0.2, 0.25) is 0 Å². The molecule has 1 fully saturated rings. The largest absolute Gasteiger partial charge is 0.383 e. The lowest BCUT2D eigenvalue weighted by Gasteiger charge is -2.31. The Bertz CT molecular complexity index is 853. The first-order chi connectivity index (χ1) is 13.5. The third kappa shape index (κ3) is 4.41. The van der Waals surface area contributed by atoms with Gasteiger partial charge in [-0.05, 0) is 44.0 Å². The van der Waals surface area contributed by atoms with Crippen LogP contribution in [-0.2, 0) is 17.8 Å². The lowest BCUT2D eigenvalue weighted by Crippen LogP contribution is -2.41. The van der Waals surface area contributed by atoms with Gasteiger partial charge in [-0.15, -0.1) is 0 Å². The van der Waals surface area contributed by atoms with Gasteiger partial charge < -0.3 is 15.0 Å².